The Morgan fingerprint density at radius 3 is 2.79 bits per heavy atom. The van der Waals surface area contributed by atoms with Crippen LogP contribution in [0.15, 0.2) is 0 Å². The smallest absolute Gasteiger partial charge is 0.296 e. The van der Waals surface area contributed by atoms with Crippen LogP contribution in [0.2, 0.25) is 0 Å². The van der Waals surface area contributed by atoms with Gasteiger partial charge in [0, 0.05) is 27.9 Å². The van der Waals surface area contributed by atoms with E-state index in [0.29, 0.717) is 17.9 Å². The van der Waals surface area contributed by atoms with E-state index in [1.807, 2.05) is 0 Å². The van der Waals surface area contributed by atoms with Gasteiger partial charge in [0.1, 0.15) is 0 Å². The van der Waals surface area contributed by atoms with Crippen molar-refractivity contribution in [1.29, 1.82) is 0 Å². The zero-order chi connectivity index (χ0) is 10.6. The van der Waals surface area contributed by atoms with E-state index in [2.05, 4.69) is 45.8 Å². The number of amides is 1. The van der Waals surface area contributed by atoms with Crippen LogP contribution in [0.4, 0.5) is 0 Å². The summed E-state index contributed by atoms with van der Waals surface area (Å²) in [6, 6.07) is 0.305. The molecule has 1 amide bonds. The van der Waals surface area contributed by atoms with Gasteiger partial charge in [-0.3, -0.25) is 4.79 Å². The summed E-state index contributed by atoms with van der Waals surface area (Å²) in [7, 11) is 0. The van der Waals surface area contributed by atoms with Crippen LogP contribution in [0.1, 0.15) is 33.1 Å². The summed E-state index contributed by atoms with van der Waals surface area (Å²) in [5.74, 6) is 3.53. The molecular weight excluding hydrogens is 242 g/mol. The number of carbonyl (C=O) groups excluding carboxylic acids is 1. The molecule has 1 fully saturated rings. The van der Waals surface area contributed by atoms with Gasteiger partial charge in [0.2, 0.25) is 0 Å². The average Bonchev–Trinajstić information content (AvgIpc) is 2.13. The van der Waals surface area contributed by atoms with Crippen LogP contribution in [0, 0.1) is 22.6 Å². The van der Waals surface area contributed by atoms with Crippen molar-refractivity contribution in [1.82, 2.24) is 5.32 Å². The number of carbonyl (C=O) groups is 1. The maximum absolute atomic E-state index is 11.2. The van der Waals surface area contributed by atoms with E-state index in [9.17, 15) is 4.79 Å². The fourth-order valence-electron chi connectivity index (χ4n) is 2.03. The van der Waals surface area contributed by atoms with Gasteiger partial charge in [-0.25, -0.2) is 0 Å². The molecule has 0 saturated heterocycles. The van der Waals surface area contributed by atoms with Gasteiger partial charge in [-0.05, 0) is 23.1 Å². The minimum Gasteiger partial charge on any atom is -0.342 e. The predicted molar refractivity (Wildman–Crippen MR) is 60.8 cm³/mol. The Kier molecular flexibility index (Phi) is 4.47. The third kappa shape index (κ3) is 3.02. The van der Waals surface area contributed by atoms with Gasteiger partial charge in [-0.1, -0.05) is 26.7 Å². The molecule has 3 atom stereocenters. The molecule has 0 aliphatic heterocycles. The summed E-state index contributed by atoms with van der Waals surface area (Å²) in [5, 5.41) is 2.96. The summed E-state index contributed by atoms with van der Waals surface area (Å²) in [5.41, 5.74) is 0. The number of hydrogen-bond donors (Lipinski definition) is 1. The van der Waals surface area contributed by atoms with Crippen LogP contribution in [-0.4, -0.2) is 11.9 Å². The molecule has 3 heteroatoms. The maximum atomic E-state index is 11.2. The van der Waals surface area contributed by atoms with Crippen LogP contribution in [0.5, 0.6) is 0 Å². The molecule has 2 nitrogen and oxygen atoms in total. The molecule has 0 radical (unpaired) electrons. The van der Waals surface area contributed by atoms with E-state index in [1.165, 1.54) is 12.8 Å². The first-order valence-corrected chi connectivity index (χ1v) is 5.86. The molecule has 0 aromatic carbocycles. The van der Waals surface area contributed by atoms with Crippen LogP contribution in [0.25, 0.3) is 0 Å². The van der Waals surface area contributed by atoms with Gasteiger partial charge in [-0.15, -0.1) is 0 Å². The van der Waals surface area contributed by atoms with Gasteiger partial charge in [0.05, 0.1) is 0 Å². The molecular formula is C11H16BrNO. The zero-order valence-electron chi connectivity index (χ0n) is 8.64. The van der Waals surface area contributed by atoms with Crippen LogP contribution in [-0.2, 0) is 4.79 Å². The highest BCUT2D eigenvalue weighted by Gasteiger charge is 2.27. The fourth-order valence-corrected chi connectivity index (χ4v) is 2.21. The minimum absolute atomic E-state index is 0.173. The van der Waals surface area contributed by atoms with Crippen molar-refractivity contribution in [2.75, 3.05) is 0 Å². The molecule has 14 heavy (non-hydrogen) atoms. The van der Waals surface area contributed by atoms with Crippen molar-refractivity contribution in [3.63, 3.8) is 0 Å². The third-order valence-corrected chi connectivity index (χ3v) is 3.38. The lowest BCUT2D eigenvalue weighted by Gasteiger charge is -2.34. The average molecular weight is 258 g/mol. The standard InChI is InChI=1S/C11H16BrNO/c1-8-4-3-5-10(9(8)2)13-11(14)6-7-12/h8-10H,3-5H2,1-2H3,(H,13,14). The largest absolute Gasteiger partial charge is 0.342 e. The molecule has 1 N–H and O–H groups in total. The lowest BCUT2D eigenvalue weighted by molar-refractivity contribution is -0.117. The number of nitrogens with one attached hydrogen (secondary N) is 1. The summed E-state index contributed by atoms with van der Waals surface area (Å²) in [6.45, 7) is 4.45. The molecule has 78 valence electrons. The predicted octanol–water partition coefficient (Wildman–Crippen LogP) is 2.28. The van der Waals surface area contributed by atoms with Crippen molar-refractivity contribution in [2.24, 2.45) is 11.8 Å². The molecule has 1 aliphatic rings. The summed E-state index contributed by atoms with van der Waals surface area (Å²) in [6.07, 6.45) is 3.57. The topological polar surface area (TPSA) is 29.1 Å². The zero-order valence-corrected chi connectivity index (χ0v) is 10.2. The Bertz CT molecular complexity index is 266. The number of rotatable bonds is 1. The quantitative estimate of drug-likeness (QED) is 0.718. The van der Waals surface area contributed by atoms with E-state index >= 15 is 0 Å². The number of hydrogen-bond acceptors (Lipinski definition) is 1. The summed E-state index contributed by atoms with van der Waals surface area (Å²) in [4.78, 5) is 13.7. The van der Waals surface area contributed by atoms with Gasteiger partial charge in [0.25, 0.3) is 5.91 Å². The van der Waals surface area contributed by atoms with Crippen molar-refractivity contribution in [2.45, 2.75) is 39.2 Å². The second-order valence-electron chi connectivity index (χ2n) is 4.07. The van der Waals surface area contributed by atoms with Crippen LogP contribution in [0.3, 0.4) is 0 Å². The summed E-state index contributed by atoms with van der Waals surface area (Å²) >= 11 is 2.92. The second-order valence-corrected chi connectivity index (χ2v) is 4.46. The van der Waals surface area contributed by atoms with Crippen LogP contribution >= 0.6 is 15.9 Å². The highest BCUT2D eigenvalue weighted by Crippen LogP contribution is 2.29. The van der Waals surface area contributed by atoms with Gasteiger partial charge in [-0.2, -0.15) is 0 Å². The van der Waals surface area contributed by atoms with Crippen molar-refractivity contribution in [3.8, 4) is 10.8 Å². The molecule has 1 saturated carbocycles. The second kappa shape index (κ2) is 5.41. The van der Waals surface area contributed by atoms with E-state index in [4.69, 9.17) is 0 Å². The first-order chi connectivity index (χ1) is 6.65. The molecule has 0 bridgehead atoms. The van der Waals surface area contributed by atoms with E-state index < -0.39 is 0 Å². The van der Waals surface area contributed by atoms with Crippen LogP contribution < -0.4 is 5.32 Å². The fraction of sp³-hybridized carbons (Fsp3) is 0.727. The van der Waals surface area contributed by atoms with Crippen molar-refractivity contribution in [3.05, 3.63) is 0 Å². The molecule has 3 unspecified atom stereocenters. The Morgan fingerprint density at radius 1 is 1.43 bits per heavy atom. The Morgan fingerprint density at radius 2 is 2.14 bits per heavy atom. The van der Waals surface area contributed by atoms with Gasteiger partial charge < -0.3 is 5.32 Å². The third-order valence-electron chi connectivity index (χ3n) is 3.18. The maximum Gasteiger partial charge on any atom is 0.296 e. The lowest BCUT2D eigenvalue weighted by atomic mass is 9.78. The summed E-state index contributed by atoms with van der Waals surface area (Å²) < 4.78 is 0. The first kappa shape index (κ1) is 11.6. The molecule has 1 rings (SSSR count). The Hall–Kier alpha value is -0.490. The van der Waals surface area contributed by atoms with E-state index in [1.54, 1.807) is 0 Å². The number of halogens is 1. The van der Waals surface area contributed by atoms with E-state index in [-0.39, 0.29) is 5.91 Å². The van der Waals surface area contributed by atoms with Crippen molar-refractivity contribution < 1.29 is 4.79 Å². The first-order valence-electron chi connectivity index (χ1n) is 5.07. The molecule has 0 spiro atoms. The molecule has 0 aromatic rings. The normalized spacial score (nSPS) is 31.5. The highest BCUT2D eigenvalue weighted by atomic mass is 79.9. The lowest BCUT2D eigenvalue weighted by Crippen LogP contribution is -2.43. The Labute approximate surface area is 94.0 Å². The monoisotopic (exact) mass is 257 g/mol. The molecule has 0 heterocycles. The van der Waals surface area contributed by atoms with Gasteiger partial charge >= 0.3 is 0 Å². The molecule has 0 aromatic heterocycles. The molecule has 1 aliphatic carbocycles. The highest BCUT2D eigenvalue weighted by molar-refractivity contribution is 9.12. The minimum atomic E-state index is -0.173. The Balaban J connectivity index is 2.49. The van der Waals surface area contributed by atoms with E-state index in [0.717, 1.165) is 6.42 Å². The SMILES string of the molecule is CC1CCCC(NC(=O)C#CBr)C1C. The van der Waals surface area contributed by atoms with Gasteiger partial charge in [0.15, 0.2) is 0 Å². The van der Waals surface area contributed by atoms with Crippen molar-refractivity contribution >= 4 is 21.8 Å².